The van der Waals surface area contributed by atoms with Crippen molar-refractivity contribution in [2.24, 2.45) is 0 Å². The van der Waals surface area contributed by atoms with E-state index in [-0.39, 0.29) is 24.0 Å². The minimum absolute atomic E-state index is 0.144. The molecule has 1 fully saturated rings. The minimum Gasteiger partial charge on any atom is -0.449 e. The number of fused-ring (bicyclic) bond motifs is 1. The van der Waals surface area contributed by atoms with Crippen molar-refractivity contribution in [3.8, 4) is 0 Å². The molecule has 0 aliphatic carbocycles. The zero-order chi connectivity index (χ0) is 20.2. The highest BCUT2D eigenvalue weighted by atomic mass is 16.3. The zero-order valence-electron chi connectivity index (χ0n) is 16.7. The van der Waals surface area contributed by atoms with Crippen LogP contribution in [0.15, 0.2) is 52.9 Å². The van der Waals surface area contributed by atoms with Crippen LogP contribution in [0.5, 0.6) is 0 Å². The van der Waals surface area contributed by atoms with Crippen molar-refractivity contribution < 1.29 is 14.0 Å². The van der Waals surface area contributed by atoms with Gasteiger partial charge in [-0.05, 0) is 37.5 Å². The lowest BCUT2D eigenvalue weighted by Gasteiger charge is -2.19. The number of nitrogens with one attached hydrogen (secondary N) is 1. The zero-order valence-corrected chi connectivity index (χ0v) is 16.7. The van der Waals surface area contributed by atoms with Crippen LogP contribution in [0.1, 0.15) is 47.4 Å². The third kappa shape index (κ3) is 4.34. The third-order valence-electron chi connectivity index (χ3n) is 5.39. The lowest BCUT2D eigenvalue weighted by atomic mass is 10.1. The highest BCUT2D eigenvalue weighted by molar-refractivity contribution is 6.11. The molecule has 2 aromatic carbocycles. The van der Waals surface area contributed by atoms with Gasteiger partial charge in [-0.15, -0.1) is 0 Å². The molecule has 4 rings (SSSR count). The van der Waals surface area contributed by atoms with Gasteiger partial charge in [-0.1, -0.05) is 54.8 Å². The van der Waals surface area contributed by atoms with Gasteiger partial charge in [-0.3, -0.25) is 9.59 Å². The molecular weight excluding hydrogens is 364 g/mol. The Morgan fingerprint density at radius 2 is 1.76 bits per heavy atom. The molecule has 3 aromatic rings. The minimum atomic E-state index is -0.160. The number of nitrogens with zero attached hydrogens (tertiary/aromatic N) is 1. The van der Waals surface area contributed by atoms with Gasteiger partial charge in [0.25, 0.3) is 5.91 Å². The molecule has 0 spiro atoms. The first-order valence-corrected chi connectivity index (χ1v) is 10.3. The van der Waals surface area contributed by atoms with Gasteiger partial charge in [0.2, 0.25) is 11.7 Å². The summed E-state index contributed by atoms with van der Waals surface area (Å²) in [5, 5.41) is 3.71. The van der Waals surface area contributed by atoms with Crippen LogP contribution >= 0.6 is 0 Å². The maximum Gasteiger partial charge on any atom is 0.291 e. The SMILES string of the molecule is Cc1cccc(CC(=O)Nc2c(C(=O)N3CCCCCC3)oc3ccccc23)c1. The van der Waals surface area contributed by atoms with E-state index in [9.17, 15) is 9.59 Å². The van der Waals surface area contributed by atoms with Crippen molar-refractivity contribution in [3.63, 3.8) is 0 Å². The number of hydrogen-bond donors (Lipinski definition) is 1. The molecule has 2 heterocycles. The van der Waals surface area contributed by atoms with Crippen LogP contribution in [0.25, 0.3) is 11.0 Å². The fraction of sp³-hybridized carbons (Fsp3) is 0.333. The first-order valence-electron chi connectivity index (χ1n) is 10.3. The molecule has 150 valence electrons. The summed E-state index contributed by atoms with van der Waals surface area (Å²) in [4.78, 5) is 27.8. The van der Waals surface area contributed by atoms with Crippen LogP contribution in [-0.4, -0.2) is 29.8 Å². The quantitative estimate of drug-likeness (QED) is 0.686. The van der Waals surface area contributed by atoms with Crippen LogP contribution in [0.2, 0.25) is 0 Å². The van der Waals surface area contributed by atoms with E-state index in [2.05, 4.69) is 5.32 Å². The van der Waals surface area contributed by atoms with Crippen LogP contribution in [0, 0.1) is 6.92 Å². The molecule has 1 aliphatic rings. The molecule has 0 unspecified atom stereocenters. The number of benzene rings is 2. The molecule has 1 N–H and O–H groups in total. The summed E-state index contributed by atoms with van der Waals surface area (Å²) in [6, 6.07) is 15.3. The Morgan fingerprint density at radius 3 is 2.52 bits per heavy atom. The van der Waals surface area contributed by atoms with Gasteiger partial charge in [0.1, 0.15) is 11.3 Å². The van der Waals surface area contributed by atoms with E-state index in [1.807, 2.05) is 60.4 Å². The number of para-hydroxylation sites is 1. The molecule has 1 aromatic heterocycles. The number of aryl methyl sites for hydroxylation is 1. The predicted molar refractivity (Wildman–Crippen MR) is 114 cm³/mol. The summed E-state index contributed by atoms with van der Waals surface area (Å²) in [5.41, 5.74) is 3.14. The van der Waals surface area contributed by atoms with Gasteiger partial charge in [0.05, 0.1) is 6.42 Å². The molecule has 5 heteroatoms. The van der Waals surface area contributed by atoms with E-state index in [0.29, 0.717) is 11.3 Å². The lowest BCUT2D eigenvalue weighted by Crippen LogP contribution is -2.32. The number of furan rings is 1. The Hall–Kier alpha value is -3.08. The highest BCUT2D eigenvalue weighted by Gasteiger charge is 2.26. The lowest BCUT2D eigenvalue weighted by molar-refractivity contribution is -0.115. The second kappa shape index (κ2) is 8.52. The number of anilines is 1. The number of likely N-dealkylation sites (tertiary alicyclic amines) is 1. The molecular formula is C24H26N2O3. The fourth-order valence-corrected chi connectivity index (χ4v) is 3.93. The van der Waals surface area contributed by atoms with Gasteiger partial charge in [-0.2, -0.15) is 0 Å². The first kappa shape index (κ1) is 19.2. The highest BCUT2D eigenvalue weighted by Crippen LogP contribution is 2.32. The first-order chi connectivity index (χ1) is 14.1. The number of carbonyl (C=O) groups excluding carboxylic acids is 2. The topological polar surface area (TPSA) is 62.6 Å². The van der Waals surface area contributed by atoms with Crippen LogP contribution in [0.3, 0.4) is 0 Å². The van der Waals surface area contributed by atoms with Gasteiger partial charge >= 0.3 is 0 Å². The molecule has 0 atom stereocenters. The van der Waals surface area contributed by atoms with E-state index in [4.69, 9.17) is 4.42 Å². The average Bonchev–Trinajstić information content (AvgIpc) is 2.88. The van der Waals surface area contributed by atoms with Gasteiger partial charge in [0.15, 0.2) is 0 Å². The summed E-state index contributed by atoms with van der Waals surface area (Å²) in [5.74, 6) is -0.0771. The summed E-state index contributed by atoms with van der Waals surface area (Å²) in [6.45, 7) is 3.46. The van der Waals surface area contributed by atoms with E-state index in [0.717, 1.165) is 55.3 Å². The van der Waals surface area contributed by atoms with Gasteiger partial charge < -0.3 is 14.6 Å². The van der Waals surface area contributed by atoms with Crippen molar-refractivity contribution in [2.75, 3.05) is 18.4 Å². The maximum absolute atomic E-state index is 13.2. The number of rotatable bonds is 4. The van der Waals surface area contributed by atoms with Crippen molar-refractivity contribution in [1.29, 1.82) is 0 Å². The van der Waals surface area contributed by atoms with Crippen LogP contribution < -0.4 is 5.32 Å². The predicted octanol–water partition coefficient (Wildman–Crippen LogP) is 4.94. The monoisotopic (exact) mass is 390 g/mol. The van der Waals surface area contributed by atoms with E-state index in [1.165, 1.54) is 0 Å². The second-order valence-electron chi connectivity index (χ2n) is 7.72. The molecule has 0 saturated carbocycles. The van der Waals surface area contributed by atoms with E-state index < -0.39 is 0 Å². The smallest absolute Gasteiger partial charge is 0.291 e. The molecule has 0 bridgehead atoms. The van der Waals surface area contributed by atoms with Gasteiger partial charge in [-0.25, -0.2) is 0 Å². The maximum atomic E-state index is 13.2. The molecule has 5 nitrogen and oxygen atoms in total. The molecule has 1 saturated heterocycles. The summed E-state index contributed by atoms with van der Waals surface area (Å²) in [7, 11) is 0. The molecule has 1 aliphatic heterocycles. The average molecular weight is 390 g/mol. The van der Waals surface area contributed by atoms with Crippen molar-refractivity contribution in [3.05, 3.63) is 65.4 Å². The van der Waals surface area contributed by atoms with E-state index in [1.54, 1.807) is 0 Å². The molecule has 0 radical (unpaired) electrons. The van der Waals surface area contributed by atoms with E-state index >= 15 is 0 Å². The van der Waals surface area contributed by atoms with Crippen LogP contribution in [-0.2, 0) is 11.2 Å². The number of carbonyl (C=O) groups is 2. The van der Waals surface area contributed by atoms with Crippen LogP contribution in [0.4, 0.5) is 5.69 Å². The second-order valence-corrected chi connectivity index (χ2v) is 7.72. The summed E-state index contributed by atoms with van der Waals surface area (Å²) in [6.07, 6.45) is 4.54. The molecule has 2 amide bonds. The summed E-state index contributed by atoms with van der Waals surface area (Å²) >= 11 is 0. The van der Waals surface area contributed by atoms with Gasteiger partial charge in [0, 0.05) is 18.5 Å². The Kier molecular flexibility index (Phi) is 5.65. The number of amides is 2. The Balaban J connectivity index is 1.62. The Bertz CT molecular complexity index is 1030. The van der Waals surface area contributed by atoms with Crippen molar-refractivity contribution in [2.45, 2.75) is 39.0 Å². The largest absolute Gasteiger partial charge is 0.449 e. The standard InChI is InChI=1S/C24H26N2O3/c1-17-9-8-10-18(15-17)16-21(27)25-22-19-11-4-5-12-20(19)29-23(22)24(28)26-13-6-2-3-7-14-26/h4-5,8-12,15H,2-3,6-7,13-14,16H2,1H3,(H,25,27). The normalized spacial score (nSPS) is 14.6. The van der Waals surface area contributed by atoms with Crippen molar-refractivity contribution in [1.82, 2.24) is 4.90 Å². The molecule has 29 heavy (non-hydrogen) atoms. The third-order valence-corrected chi connectivity index (χ3v) is 5.39. The van der Waals surface area contributed by atoms with Crippen molar-refractivity contribution >= 4 is 28.5 Å². The summed E-state index contributed by atoms with van der Waals surface area (Å²) < 4.78 is 5.92. The number of hydrogen-bond acceptors (Lipinski definition) is 3. The Morgan fingerprint density at radius 1 is 1.00 bits per heavy atom. The Labute approximate surface area is 170 Å². The fourth-order valence-electron chi connectivity index (χ4n) is 3.93.